The Bertz CT molecular complexity index is 607. The van der Waals surface area contributed by atoms with Gasteiger partial charge in [0.05, 0.1) is 11.7 Å². The second-order valence-corrected chi connectivity index (χ2v) is 4.68. The third-order valence-corrected chi connectivity index (χ3v) is 3.44. The summed E-state index contributed by atoms with van der Waals surface area (Å²) in [6.45, 7) is 2.02. The van der Waals surface area contributed by atoms with Crippen LogP contribution in [0.5, 0.6) is 0 Å². The summed E-state index contributed by atoms with van der Waals surface area (Å²) in [6, 6.07) is 10.3. The molecule has 0 aromatic heterocycles. The van der Waals surface area contributed by atoms with Gasteiger partial charge < -0.3 is 5.32 Å². The van der Waals surface area contributed by atoms with Crippen LogP contribution in [-0.4, -0.2) is 0 Å². The van der Waals surface area contributed by atoms with Crippen molar-refractivity contribution in [2.45, 2.75) is 19.4 Å². The van der Waals surface area contributed by atoms with Crippen LogP contribution in [0.1, 0.15) is 22.7 Å². The normalized spacial score (nSPS) is 17.4. The van der Waals surface area contributed by atoms with E-state index in [1.807, 2.05) is 31.2 Å². The van der Waals surface area contributed by atoms with E-state index >= 15 is 0 Å². The maximum Gasteiger partial charge on any atom is 0.149 e. The molecule has 2 aromatic rings. The number of fused-ring (bicyclic) bond motifs is 1. The zero-order chi connectivity index (χ0) is 12.7. The van der Waals surface area contributed by atoms with E-state index < -0.39 is 11.6 Å². The van der Waals surface area contributed by atoms with Gasteiger partial charge in [0.1, 0.15) is 11.6 Å². The van der Waals surface area contributed by atoms with Gasteiger partial charge in [0, 0.05) is 6.07 Å². The number of benzene rings is 2. The SMILES string of the molecule is Cc1ccccc1C1Cc2cc(F)cc(F)c2N1. The van der Waals surface area contributed by atoms with Crippen LogP contribution >= 0.6 is 0 Å². The molecule has 0 saturated carbocycles. The Kier molecular flexibility index (Phi) is 2.54. The fourth-order valence-electron chi connectivity index (χ4n) is 2.56. The van der Waals surface area contributed by atoms with Crippen molar-refractivity contribution < 1.29 is 8.78 Å². The van der Waals surface area contributed by atoms with Crippen molar-refractivity contribution in [3.05, 3.63) is 64.7 Å². The highest BCUT2D eigenvalue weighted by molar-refractivity contribution is 5.59. The van der Waals surface area contributed by atoms with Crippen molar-refractivity contribution in [2.24, 2.45) is 0 Å². The standard InChI is InChI=1S/C15H13F2N/c1-9-4-2-3-5-12(9)14-7-10-6-11(16)8-13(17)15(10)18-14/h2-6,8,14,18H,7H2,1H3. The Balaban J connectivity index is 1.99. The number of hydrogen-bond donors (Lipinski definition) is 1. The van der Waals surface area contributed by atoms with Crippen LogP contribution in [0.3, 0.4) is 0 Å². The topological polar surface area (TPSA) is 12.0 Å². The summed E-state index contributed by atoms with van der Waals surface area (Å²) in [6.07, 6.45) is 0.620. The highest BCUT2D eigenvalue weighted by atomic mass is 19.1. The average molecular weight is 245 g/mol. The van der Waals surface area contributed by atoms with Gasteiger partial charge >= 0.3 is 0 Å². The van der Waals surface area contributed by atoms with Crippen molar-refractivity contribution in [1.29, 1.82) is 0 Å². The monoisotopic (exact) mass is 245 g/mol. The molecule has 92 valence electrons. The molecule has 18 heavy (non-hydrogen) atoms. The van der Waals surface area contributed by atoms with Crippen LogP contribution < -0.4 is 5.32 Å². The highest BCUT2D eigenvalue weighted by Crippen LogP contribution is 2.37. The molecule has 2 aromatic carbocycles. The van der Waals surface area contributed by atoms with Gasteiger partial charge in [-0.2, -0.15) is 0 Å². The summed E-state index contributed by atoms with van der Waals surface area (Å²) in [4.78, 5) is 0. The lowest BCUT2D eigenvalue weighted by Gasteiger charge is -2.14. The number of nitrogens with one attached hydrogen (secondary N) is 1. The quantitative estimate of drug-likeness (QED) is 0.801. The van der Waals surface area contributed by atoms with Crippen molar-refractivity contribution in [2.75, 3.05) is 5.32 Å². The van der Waals surface area contributed by atoms with Crippen LogP contribution in [0, 0.1) is 18.6 Å². The first-order chi connectivity index (χ1) is 8.65. The van der Waals surface area contributed by atoms with Gasteiger partial charge in [0.15, 0.2) is 0 Å². The number of anilines is 1. The molecule has 0 fully saturated rings. The molecule has 1 aliphatic rings. The largest absolute Gasteiger partial charge is 0.375 e. The van der Waals surface area contributed by atoms with E-state index in [4.69, 9.17) is 0 Å². The Labute approximate surface area is 104 Å². The van der Waals surface area contributed by atoms with Gasteiger partial charge in [-0.1, -0.05) is 24.3 Å². The zero-order valence-corrected chi connectivity index (χ0v) is 10.0. The molecule has 3 heteroatoms. The first-order valence-electron chi connectivity index (χ1n) is 5.95. The minimum atomic E-state index is -0.515. The van der Waals surface area contributed by atoms with E-state index in [1.165, 1.54) is 6.07 Å². The molecule has 1 aliphatic heterocycles. The fourth-order valence-corrected chi connectivity index (χ4v) is 2.56. The molecular weight excluding hydrogens is 232 g/mol. The number of halogens is 2. The molecule has 1 heterocycles. The summed E-state index contributed by atoms with van der Waals surface area (Å²) >= 11 is 0. The molecule has 0 radical (unpaired) electrons. The van der Waals surface area contributed by atoms with E-state index in [0.29, 0.717) is 17.7 Å². The molecule has 0 spiro atoms. The van der Waals surface area contributed by atoms with Crippen LogP contribution in [0.2, 0.25) is 0 Å². The van der Waals surface area contributed by atoms with Gasteiger partial charge in [-0.3, -0.25) is 0 Å². The second kappa shape index (κ2) is 4.09. The molecule has 0 aliphatic carbocycles. The fraction of sp³-hybridized carbons (Fsp3) is 0.200. The minimum Gasteiger partial charge on any atom is -0.375 e. The molecule has 1 atom stereocenters. The molecule has 0 bridgehead atoms. The molecule has 0 saturated heterocycles. The van der Waals surface area contributed by atoms with E-state index in [1.54, 1.807) is 0 Å². The second-order valence-electron chi connectivity index (χ2n) is 4.68. The van der Waals surface area contributed by atoms with Crippen molar-refractivity contribution in [1.82, 2.24) is 0 Å². The predicted molar refractivity (Wildman–Crippen MR) is 67.6 cm³/mol. The third kappa shape index (κ3) is 1.76. The van der Waals surface area contributed by atoms with Crippen LogP contribution in [0.15, 0.2) is 36.4 Å². The number of hydrogen-bond acceptors (Lipinski definition) is 1. The van der Waals surface area contributed by atoms with Gasteiger partial charge in [0.25, 0.3) is 0 Å². The maximum atomic E-state index is 13.6. The lowest BCUT2D eigenvalue weighted by molar-refractivity contribution is 0.585. The van der Waals surface area contributed by atoms with Gasteiger partial charge in [-0.05, 0) is 36.1 Å². The Morgan fingerprint density at radius 1 is 1.17 bits per heavy atom. The predicted octanol–water partition coefficient (Wildman–Crippen LogP) is 3.98. The minimum absolute atomic E-state index is 0.0255. The van der Waals surface area contributed by atoms with Crippen molar-refractivity contribution in [3.8, 4) is 0 Å². The summed E-state index contributed by atoms with van der Waals surface area (Å²) in [5.41, 5.74) is 3.43. The molecule has 1 nitrogen and oxygen atoms in total. The molecule has 1 N–H and O–H groups in total. The Morgan fingerprint density at radius 3 is 2.72 bits per heavy atom. The van der Waals surface area contributed by atoms with Crippen LogP contribution in [0.4, 0.5) is 14.5 Å². The molecule has 3 rings (SSSR count). The Morgan fingerprint density at radius 2 is 1.94 bits per heavy atom. The van der Waals surface area contributed by atoms with Gasteiger partial charge in [0.2, 0.25) is 0 Å². The maximum absolute atomic E-state index is 13.6. The number of rotatable bonds is 1. The zero-order valence-electron chi connectivity index (χ0n) is 10.0. The lowest BCUT2D eigenvalue weighted by Crippen LogP contribution is -2.07. The summed E-state index contributed by atoms with van der Waals surface area (Å²) < 4.78 is 26.8. The molecule has 1 unspecified atom stereocenters. The van der Waals surface area contributed by atoms with E-state index in [9.17, 15) is 8.78 Å². The lowest BCUT2D eigenvalue weighted by atomic mass is 9.99. The van der Waals surface area contributed by atoms with E-state index in [2.05, 4.69) is 5.32 Å². The average Bonchev–Trinajstić information content (AvgIpc) is 2.73. The molecule has 0 amide bonds. The van der Waals surface area contributed by atoms with E-state index in [-0.39, 0.29) is 6.04 Å². The first kappa shape index (κ1) is 11.2. The molecular formula is C15H13F2N. The van der Waals surface area contributed by atoms with E-state index in [0.717, 1.165) is 17.2 Å². The van der Waals surface area contributed by atoms with Crippen LogP contribution in [0.25, 0.3) is 0 Å². The van der Waals surface area contributed by atoms with Gasteiger partial charge in [-0.25, -0.2) is 8.78 Å². The number of aryl methyl sites for hydroxylation is 1. The summed E-state index contributed by atoms with van der Waals surface area (Å²) in [7, 11) is 0. The summed E-state index contributed by atoms with van der Waals surface area (Å²) in [5.74, 6) is -1.03. The smallest absolute Gasteiger partial charge is 0.149 e. The van der Waals surface area contributed by atoms with Crippen molar-refractivity contribution in [3.63, 3.8) is 0 Å². The Hall–Kier alpha value is -1.90. The van der Waals surface area contributed by atoms with Crippen LogP contribution in [-0.2, 0) is 6.42 Å². The highest BCUT2D eigenvalue weighted by Gasteiger charge is 2.26. The van der Waals surface area contributed by atoms with Crippen molar-refractivity contribution >= 4 is 5.69 Å². The third-order valence-electron chi connectivity index (χ3n) is 3.44. The first-order valence-corrected chi connectivity index (χ1v) is 5.95. The summed E-state index contributed by atoms with van der Waals surface area (Å²) in [5, 5.41) is 3.15. The van der Waals surface area contributed by atoms with Gasteiger partial charge in [-0.15, -0.1) is 0 Å².